The summed E-state index contributed by atoms with van der Waals surface area (Å²) < 4.78 is 5.77. The predicted octanol–water partition coefficient (Wildman–Crippen LogP) is 0.958. The zero-order valence-corrected chi connectivity index (χ0v) is 12.4. The molecule has 0 aromatic heterocycles. The lowest BCUT2D eigenvalue weighted by Gasteiger charge is -2.17. The van der Waals surface area contributed by atoms with Crippen LogP contribution in [0.2, 0.25) is 0 Å². The molecular formula is C16H21N3O3. The Hall–Kier alpha value is -2.24. The van der Waals surface area contributed by atoms with Crippen molar-refractivity contribution < 1.29 is 14.3 Å². The number of fused-ring (bicyclic) bond motifs is 1. The SMILES string of the molecule is O=C(NC[C@@H]1Cc2ccccc2O1)N[C@H]1CCCCNC1=O. The van der Waals surface area contributed by atoms with Crippen molar-refractivity contribution in [1.29, 1.82) is 0 Å². The van der Waals surface area contributed by atoms with Gasteiger partial charge in [-0.15, -0.1) is 0 Å². The molecule has 6 nitrogen and oxygen atoms in total. The van der Waals surface area contributed by atoms with Crippen molar-refractivity contribution in [2.75, 3.05) is 13.1 Å². The maximum atomic E-state index is 11.9. The third-order valence-electron chi connectivity index (χ3n) is 4.04. The van der Waals surface area contributed by atoms with Gasteiger partial charge in [-0.3, -0.25) is 4.79 Å². The van der Waals surface area contributed by atoms with Gasteiger partial charge in [-0.25, -0.2) is 4.79 Å². The van der Waals surface area contributed by atoms with Gasteiger partial charge >= 0.3 is 6.03 Å². The van der Waals surface area contributed by atoms with Crippen molar-refractivity contribution in [3.05, 3.63) is 29.8 Å². The van der Waals surface area contributed by atoms with Crippen molar-refractivity contribution in [3.63, 3.8) is 0 Å². The minimum Gasteiger partial charge on any atom is -0.488 e. The van der Waals surface area contributed by atoms with Gasteiger partial charge in [0.05, 0.1) is 6.54 Å². The Labute approximate surface area is 129 Å². The summed E-state index contributed by atoms with van der Waals surface area (Å²) in [4.78, 5) is 23.7. The van der Waals surface area contributed by atoms with Crippen LogP contribution in [0.4, 0.5) is 4.79 Å². The topological polar surface area (TPSA) is 79.5 Å². The van der Waals surface area contributed by atoms with Gasteiger partial charge in [0.25, 0.3) is 0 Å². The van der Waals surface area contributed by atoms with Gasteiger partial charge in [-0.2, -0.15) is 0 Å². The highest BCUT2D eigenvalue weighted by Gasteiger charge is 2.25. The number of rotatable bonds is 3. The number of urea groups is 1. The van der Waals surface area contributed by atoms with E-state index in [1.54, 1.807) is 0 Å². The number of amides is 3. The first-order chi connectivity index (χ1) is 10.7. The van der Waals surface area contributed by atoms with Gasteiger partial charge in [-0.05, 0) is 30.9 Å². The molecule has 0 bridgehead atoms. The average Bonchev–Trinajstić information content (AvgIpc) is 2.83. The first kappa shape index (κ1) is 14.7. The zero-order chi connectivity index (χ0) is 15.4. The van der Waals surface area contributed by atoms with Gasteiger partial charge in [0, 0.05) is 13.0 Å². The minimum atomic E-state index is -0.441. The van der Waals surface area contributed by atoms with E-state index in [1.165, 1.54) is 0 Å². The summed E-state index contributed by atoms with van der Waals surface area (Å²) in [6.07, 6.45) is 3.32. The van der Waals surface area contributed by atoms with E-state index in [2.05, 4.69) is 16.0 Å². The molecule has 22 heavy (non-hydrogen) atoms. The van der Waals surface area contributed by atoms with E-state index in [0.29, 0.717) is 19.5 Å². The van der Waals surface area contributed by atoms with Crippen LogP contribution in [0.1, 0.15) is 24.8 Å². The predicted molar refractivity (Wildman–Crippen MR) is 81.7 cm³/mol. The number of hydrogen-bond donors (Lipinski definition) is 3. The maximum absolute atomic E-state index is 11.9. The van der Waals surface area contributed by atoms with Gasteiger partial charge in [-0.1, -0.05) is 18.2 Å². The van der Waals surface area contributed by atoms with Gasteiger partial charge < -0.3 is 20.7 Å². The quantitative estimate of drug-likeness (QED) is 0.778. The molecule has 3 rings (SSSR count). The van der Waals surface area contributed by atoms with Crippen LogP contribution in [0, 0.1) is 0 Å². The van der Waals surface area contributed by atoms with Crippen molar-refractivity contribution in [1.82, 2.24) is 16.0 Å². The lowest BCUT2D eigenvalue weighted by molar-refractivity contribution is -0.122. The second-order valence-electron chi connectivity index (χ2n) is 5.75. The zero-order valence-electron chi connectivity index (χ0n) is 12.4. The van der Waals surface area contributed by atoms with Crippen LogP contribution in [-0.2, 0) is 11.2 Å². The van der Waals surface area contributed by atoms with Crippen LogP contribution in [0.5, 0.6) is 5.75 Å². The van der Waals surface area contributed by atoms with Crippen LogP contribution in [0.25, 0.3) is 0 Å². The highest BCUT2D eigenvalue weighted by atomic mass is 16.5. The van der Waals surface area contributed by atoms with E-state index in [9.17, 15) is 9.59 Å². The third kappa shape index (κ3) is 3.50. The number of nitrogens with one attached hydrogen (secondary N) is 3. The molecule has 0 aliphatic carbocycles. The molecule has 2 aliphatic rings. The summed E-state index contributed by atoms with van der Waals surface area (Å²) in [6.45, 7) is 1.11. The number of para-hydroxylation sites is 1. The summed E-state index contributed by atoms with van der Waals surface area (Å²) in [5.74, 6) is 0.787. The molecule has 3 N–H and O–H groups in total. The molecule has 0 radical (unpaired) electrons. The van der Waals surface area contributed by atoms with E-state index in [1.807, 2.05) is 24.3 Å². The molecule has 0 saturated carbocycles. The molecule has 2 heterocycles. The molecule has 3 amide bonds. The van der Waals surface area contributed by atoms with Gasteiger partial charge in [0.2, 0.25) is 5.91 Å². The van der Waals surface area contributed by atoms with E-state index >= 15 is 0 Å². The molecule has 6 heteroatoms. The van der Waals surface area contributed by atoms with Crippen LogP contribution in [0.15, 0.2) is 24.3 Å². The Morgan fingerprint density at radius 1 is 1.32 bits per heavy atom. The highest BCUT2D eigenvalue weighted by Crippen LogP contribution is 2.27. The van der Waals surface area contributed by atoms with Gasteiger partial charge in [0.15, 0.2) is 0 Å². The van der Waals surface area contributed by atoms with E-state index in [0.717, 1.165) is 30.6 Å². The molecule has 2 atom stereocenters. The summed E-state index contributed by atoms with van der Waals surface area (Å²) >= 11 is 0. The Morgan fingerprint density at radius 3 is 3.05 bits per heavy atom. The number of carbonyl (C=O) groups excluding carboxylic acids is 2. The normalized spacial score (nSPS) is 23.7. The van der Waals surface area contributed by atoms with Crippen molar-refractivity contribution in [3.8, 4) is 5.75 Å². The largest absolute Gasteiger partial charge is 0.488 e. The molecule has 2 aliphatic heterocycles. The maximum Gasteiger partial charge on any atom is 0.315 e. The third-order valence-corrected chi connectivity index (χ3v) is 4.04. The van der Waals surface area contributed by atoms with Crippen molar-refractivity contribution in [2.24, 2.45) is 0 Å². The lowest BCUT2D eigenvalue weighted by Crippen LogP contribution is -2.50. The highest BCUT2D eigenvalue weighted by molar-refractivity contribution is 5.87. The Kier molecular flexibility index (Phi) is 4.46. The standard InChI is InChI=1S/C16H21N3O3/c20-15-13(6-3-4-8-17-15)19-16(21)18-10-12-9-11-5-1-2-7-14(11)22-12/h1-2,5,7,12-13H,3-4,6,8-10H2,(H,17,20)(H2,18,19,21)/t12-,13-/m0/s1. The molecule has 0 spiro atoms. The fourth-order valence-corrected chi connectivity index (χ4v) is 2.86. The van der Waals surface area contributed by atoms with Crippen molar-refractivity contribution >= 4 is 11.9 Å². The van der Waals surface area contributed by atoms with Crippen LogP contribution in [-0.4, -0.2) is 37.2 Å². The molecular weight excluding hydrogens is 282 g/mol. The van der Waals surface area contributed by atoms with Crippen LogP contribution >= 0.6 is 0 Å². The first-order valence-corrected chi connectivity index (χ1v) is 7.79. The second-order valence-corrected chi connectivity index (χ2v) is 5.75. The second kappa shape index (κ2) is 6.68. The monoisotopic (exact) mass is 303 g/mol. The van der Waals surface area contributed by atoms with Crippen LogP contribution < -0.4 is 20.7 Å². The van der Waals surface area contributed by atoms with Gasteiger partial charge in [0.1, 0.15) is 17.9 Å². The minimum absolute atomic E-state index is 0.0499. The summed E-state index contributed by atoms with van der Waals surface area (Å²) in [7, 11) is 0. The number of benzene rings is 1. The van der Waals surface area contributed by atoms with E-state index in [-0.39, 0.29) is 18.0 Å². The Morgan fingerprint density at radius 2 is 2.18 bits per heavy atom. The molecule has 1 aromatic rings. The van der Waals surface area contributed by atoms with Crippen molar-refractivity contribution in [2.45, 2.75) is 37.8 Å². The fourth-order valence-electron chi connectivity index (χ4n) is 2.86. The number of ether oxygens (including phenoxy) is 1. The van der Waals surface area contributed by atoms with E-state index in [4.69, 9.17) is 4.74 Å². The number of hydrogen-bond acceptors (Lipinski definition) is 3. The molecule has 1 fully saturated rings. The fraction of sp³-hybridized carbons (Fsp3) is 0.500. The average molecular weight is 303 g/mol. The summed E-state index contributed by atoms with van der Waals surface area (Å²) in [6, 6.07) is 7.13. The Bertz CT molecular complexity index is 536. The molecule has 1 aromatic carbocycles. The molecule has 1 saturated heterocycles. The molecule has 118 valence electrons. The lowest BCUT2D eigenvalue weighted by atomic mass is 10.1. The first-order valence-electron chi connectivity index (χ1n) is 7.79. The Balaban J connectivity index is 1.44. The molecule has 0 unspecified atom stereocenters. The summed E-state index contributed by atoms with van der Waals surface area (Å²) in [5, 5.41) is 8.33. The smallest absolute Gasteiger partial charge is 0.315 e. The summed E-state index contributed by atoms with van der Waals surface area (Å²) in [5.41, 5.74) is 1.16. The van der Waals surface area contributed by atoms with Crippen LogP contribution in [0.3, 0.4) is 0 Å². The van der Waals surface area contributed by atoms with E-state index < -0.39 is 6.04 Å². The number of carbonyl (C=O) groups is 2.